The second-order valence-corrected chi connectivity index (χ2v) is 5.43. The second kappa shape index (κ2) is 5.55. The number of hydrogen-bond acceptors (Lipinski definition) is 2. The SMILES string of the molecule is Cc1ccc(Sc2ccc(CN)cc2F)cc1C. The van der Waals surface area contributed by atoms with Crippen molar-refractivity contribution in [3.05, 3.63) is 58.9 Å². The summed E-state index contributed by atoms with van der Waals surface area (Å²) < 4.78 is 13.8. The van der Waals surface area contributed by atoms with E-state index < -0.39 is 0 Å². The van der Waals surface area contributed by atoms with Gasteiger partial charge in [0.25, 0.3) is 0 Å². The summed E-state index contributed by atoms with van der Waals surface area (Å²) in [5, 5.41) is 0. The van der Waals surface area contributed by atoms with Crippen LogP contribution in [0.4, 0.5) is 4.39 Å². The Morgan fingerprint density at radius 3 is 2.44 bits per heavy atom. The van der Waals surface area contributed by atoms with E-state index in [-0.39, 0.29) is 5.82 Å². The zero-order valence-corrected chi connectivity index (χ0v) is 11.4. The van der Waals surface area contributed by atoms with Crippen LogP contribution in [0.3, 0.4) is 0 Å². The molecule has 0 spiro atoms. The molecule has 2 rings (SSSR count). The molecule has 1 nitrogen and oxygen atoms in total. The molecule has 0 heterocycles. The fraction of sp³-hybridized carbons (Fsp3) is 0.200. The van der Waals surface area contributed by atoms with Gasteiger partial charge < -0.3 is 5.73 Å². The molecule has 0 aliphatic heterocycles. The van der Waals surface area contributed by atoms with Crippen LogP contribution in [-0.4, -0.2) is 0 Å². The first-order valence-corrected chi connectivity index (χ1v) is 6.65. The molecule has 0 saturated carbocycles. The van der Waals surface area contributed by atoms with Gasteiger partial charge in [-0.3, -0.25) is 0 Å². The van der Waals surface area contributed by atoms with Crippen molar-refractivity contribution >= 4 is 11.8 Å². The fourth-order valence-corrected chi connectivity index (χ4v) is 2.58. The first kappa shape index (κ1) is 13.1. The quantitative estimate of drug-likeness (QED) is 0.902. The fourth-order valence-electron chi connectivity index (χ4n) is 1.66. The molecule has 94 valence electrons. The average molecular weight is 261 g/mol. The summed E-state index contributed by atoms with van der Waals surface area (Å²) in [5.41, 5.74) is 8.77. The topological polar surface area (TPSA) is 26.0 Å². The Labute approximate surface area is 111 Å². The summed E-state index contributed by atoms with van der Waals surface area (Å²) in [6, 6.07) is 11.3. The van der Waals surface area contributed by atoms with Crippen molar-refractivity contribution < 1.29 is 4.39 Å². The van der Waals surface area contributed by atoms with Crippen molar-refractivity contribution in [2.24, 2.45) is 5.73 Å². The van der Waals surface area contributed by atoms with Gasteiger partial charge in [-0.25, -0.2) is 4.39 Å². The monoisotopic (exact) mass is 261 g/mol. The normalized spacial score (nSPS) is 10.7. The van der Waals surface area contributed by atoms with E-state index >= 15 is 0 Å². The van der Waals surface area contributed by atoms with E-state index in [9.17, 15) is 4.39 Å². The number of nitrogens with two attached hydrogens (primary N) is 1. The lowest BCUT2D eigenvalue weighted by Crippen LogP contribution is -1.97. The van der Waals surface area contributed by atoms with Crippen LogP contribution in [0.2, 0.25) is 0 Å². The van der Waals surface area contributed by atoms with Gasteiger partial charge in [-0.15, -0.1) is 0 Å². The molecule has 0 aromatic heterocycles. The van der Waals surface area contributed by atoms with E-state index in [1.807, 2.05) is 12.1 Å². The smallest absolute Gasteiger partial charge is 0.137 e. The van der Waals surface area contributed by atoms with E-state index in [1.54, 1.807) is 6.07 Å². The predicted molar refractivity (Wildman–Crippen MR) is 74.3 cm³/mol. The lowest BCUT2D eigenvalue weighted by atomic mass is 10.1. The molecule has 0 aliphatic rings. The van der Waals surface area contributed by atoms with Gasteiger partial charge in [0.15, 0.2) is 0 Å². The molecular formula is C15H16FNS. The second-order valence-electron chi connectivity index (χ2n) is 4.32. The Bertz CT molecular complexity index is 566. The maximum absolute atomic E-state index is 13.8. The first-order valence-electron chi connectivity index (χ1n) is 5.84. The van der Waals surface area contributed by atoms with Gasteiger partial charge >= 0.3 is 0 Å². The Morgan fingerprint density at radius 1 is 1.06 bits per heavy atom. The van der Waals surface area contributed by atoms with Gasteiger partial charge in [-0.05, 0) is 54.8 Å². The molecule has 0 amide bonds. The third-order valence-corrected chi connectivity index (χ3v) is 3.98. The molecule has 0 atom stereocenters. The van der Waals surface area contributed by atoms with Crippen LogP contribution in [0.5, 0.6) is 0 Å². The Hall–Kier alpha value is -1.32. The summed E-state index contributed by atoms with van der Waals surface area (Å²) in [6.07, 6.45) is 0. The summed E-state index contributed by atoms with van der Waals surface area (Å²) in [7, 11) is 0. The van der Waals surface area contributed by atoms with Crippen LogP contribution in [0.1, 0.15) is 16.7 Å². The average Bonchev–Trinajstić information content (AvgIpc) is 2.36. The number of hydrogen-bond donors (Lipinski definition) is 1. The molecule has 0 unspecified atom stereocenters. The van der Waals surface area contributed by atoms with Gasteiger partial charge in [0.1, 0.15) is 5.82 Å². The Kier molecular flexibility index (Phi) is 4.04. The van der Waals surface area contributed by atoms with E-state index in [1.165, 1.54) is 29.0 Å². The molecule has 0 saturated heterocycles. The zero-order valence-electron chi connectivity index (χ0n) is 10.5. The van der Waals surface area contributed by atoms with Crippen LogP contribution in [0.25, 0.3) is 0 Å². The minimum absolute atomic E-state index is 0.207. The Balaban J connectivity index is 2.25. The van der Waals surface area contributed by atoms with Gasteiger partial charge in [0.2, 0.25) is 0 Å². The highest BCUT2D eigenvalue weighted by atomic mass is 32.2. The lowest BCUT2D eigenvalue weighted by molar-refractivity contribution is 0.599. The van der Waals surface area contributed by atoms with E-state index in [4.69, 9.17) is 5.73 Å². The van der Waals surface area contributed by atoms with Crippen molar-refractivity contribution in [1.82, 2.24) is 0 Å². The van der Waals surface area contributed by atoms with Gasteiger partial charge in [-0.2, -0.15) is 0 Å². The lowest BCUT2D eigenvalue weighted by Gasteiger charge is -2.07. The zero-order chi connectivity index (χ0) is 13.1. The largest absolute Gasteiger partial charge is 0.326 e. The maximum atomic E-state index is 13.8. The van der Waals surface area contributed by atoms with Crippen LogP contribution >= 0.6 is 11.8 Å². The standard InChI is InChI=1S/C15H16FNS/c1-10-3-5-13(7-11(10)2)18-15-6-4-12(9-17)8-14(15)16/h3-8H,9,17H2,1-2H3. The first-order chi connectivity index (χ1) is 8.60. The predicted octanol–water partition coefficient (Wildman–Crippen LogP) is 4.05. The summed E-state index contributed by atoms with van der Waals surface area (Å²) in [4.78, 5) is 1.69. The van der Waals surface area contributed by atoms with Crippen molar-refractivity contribution in [1.29, 1.82) is 0 Å². The maximum Gasteiger partial charge on any atom is 0.137 e. The number of rotatable bonds is 3. The molecule has 2 N–H and O–H groups in total. The molecular weight excluding hydrogens is 245 g/mol. The van der Waals surface area contributed by atoms with E-state index in [2.05, 4.69) is 26.0 Å². The molecule has 2 aromatic carbocycles. The molecule has 0 fully saturated rings. The van der Waals surface area contributed by atoms with Crippen LogP contribution in [-0.2, 0) is 6.54 Å². The van der Waals surface area contributed by atoms with Crippen molar-refractivity contribution in [3.8, 4) is 0 Å². The molecule has 2 aromatic rings. The summed E-state index contributed by atoms with van der Waals surface area (Å²) >= 11 is 1.44. The minimum atomic E-state index is -0.207. The molecule has 0 aliphatic carbocycles. The third kappa shape index (κ3) is 2.92. The van der Waals surface area contributed by atoms with Crippen molar-refractivity contribution in [2.45, 2.75) is 30.2 Å². The molecule has 0 radical (unpaired) electrons. The van der Waals surface area contributed by atoms with Gasteiger partial charge in [0, 0.05) is 16.3 Å². The summed E-state index contributed by atoms with van der Waals surface area (Å²) in [6.45, 7) is 4.50. The number of halogens is 1. The van der Waals surface area contributed by atoms with Gasteiger partial charge in [0.05, 0.1) is 0 Å². The van der Waals surface area contributed by atoms with Crippen LogP contribution in [0.15, 0.2) is 46.2 Å². The molecule has 18 heavy (non-hydrogen) atoms. The van der Waals surface area contributed by atoms with Crippen LogP contribution in [0, 0.1) is 19.7 Å². The molecule has 3 heteroatoms. The Morgan fingerprint density at radius 2 is 1.83 bits per heavy atom. The summed E-state index contributed by atoms with van der Waals surface area (Å²) in [5.74, 6) is -0.207. The highest BCUT2D eigenvalue weighted by molar-refractivity contribution is 7.99. The number of benzene rings is 2. The minimum Gasteiger partial charge on any atom is -0.326 e. The number of aryl methyl sites for hydroxylation is 2. The molecule has 0 bridgehead atoms. The van der Waals surface area contributed by atoms with Crippen molar-refractivity contribution in [3.63, 3.8) is 0 Å². The highest BCUT2D eigenvalue weighted by Gasteiger charge is 2.06. The van der Waals surface area contributed by atoms with Gasteiger partial charge in [-0.1, -0.05) is 23.9 Å². The van der Waals surface area contributed by atoms with E-state index in [0.29, 0.717) is 11.4 Å². The van der Waals surface area contributed by atoms with Crippen molar-refractivity contribution in [2.75, 3.05) is 0 Å². The van der Waals surface area contributed by atoms with Crippen LogP contribution < -0.4 is 5.73 Å². The van der Waals surface area contributed by atoms with E-state index in [0.717, 1.165) is 10.5 Å². The highest BCUT2D eigenvalue weighted by Crippen LogP contribution is 2.31. The third-order valence-electron chi connectivity index (χ3n) is 2.94.